The summed E-state index contributed by atoms with van der Waals surface area (Å²) < 4.78 is 5.24. The molecular weight excluding hydrogens is 294 g/mol. The SMILES string of the molecule is N#C[C@@H](C(=O)[C@@H]1CC(=O)N(Cc2ccco2)C1)c1ccccn1. The molecule has 0 aromatic carbocycles. The minimum Gasteiger partial charge on any atom is -0.467 e. The normalized spacial score (nSPS) is 18.7. The van der Waals surface area contributed by atoms with Crippen LogP contribution in [0.1, 0.15) is 23.8 Å². The summed E-state index contributed by atoms with van der Waals surface area (Å²) in [4.78, 5) is 30.4. The fraction of sp³-hybridized carbons (Fsp3) is 0.294. The average Bonchev–Trinajstić information content (AvgIpc) is 3.20. The van der Waals surface area contributed by atoms with Gasteiger partial charge in [0.2, 0.25) is 5.91 Å². The topological polar surface area (TPSA) is 87.2 Å². The smallest absolute Gasteiger partial charge is 0.223 e. The van der Waals surface area contributed by atoms with Crippen LogP contribution in [-0.2, 0) is 16.1 Å². The zero-order valence-corrected chi connectivity index (χ0v) is 12.4. The number of hydrogen-bond acceptors (Lipinski definition) is 5. The lowest BCUT2D eigenvalue weighted by molar-refractivity contribution is -0.129. The number of rotatable bonds is 5. The zero-order chi connectivity index (χ0) is 16.2. The fourth-order valence-corrected chi connectivity index (χ4v) is 2.76. The maximum atomic E-state index is 12.6. The van der Waals surface area contributed by atoms with E-state index in [1.165, 1.54) is 0 Å². The summed E-state index contributed by atoms with van der Waals surface area (Å²) in [6.07, 6.45) is 3.23. The Morgan fingerprint density at radius 2 is 2.30 bits per heavy atom. The number of Topliss-reactive ketones (excluding diaryl/α,β-unsaturated/α-hetero) is 1. The highest BCUT2D eigenvalue weighted by molar-refractivity contribution is 5.95. The van der Waals surface area contributed by atoms with Crippen molar-refractivity contribution in [3.63, 3.8) is 0 Å². The van der Waals surface area contributed by atoms with E-state index in [0.717, 1.165) is 0 Å². The fourth-order valence-electron chi connectivity index (χ4n) is 2.76. The summed E-state index contributed by atoms with van der Waals surface area (Å²) in [7, 11) is 0. The highest BCUT2D eigenvalue weighted by Gasteiger charge is 2.38. The highest BCUT2D eigenvalue weighted by atomic mass is 16.3. The zero-order valence-electron chi connectivity index (χ0n) is 12.4. The number of aromatic nitrogens is 1. The predicted molar refractivity (Wildman–Crippen MR) is 79.8 cm³/mol. The van der Waals surface area contributed by atoms with Gasteiger partial charge in [0, 0.05) is 25.1 Å². The average molecular weight is 309 g/mol. The molecule has 0 bridgehead atoms. The summed E-state index contributed by atoms with van der Waals surface area (Å²) in [5.74, 6) is -1.09. The molecule has 0 spiro atoms. The highest BCUT2D eigenvalue weighted by Crippen LogP contribution is 2.27. The molecule has 0 unspecified atom stereocenters. The molecule has 1 amide bonds. The van der Waals surface area contributed by atoms with Crippen molar-refractivity contribution in [2.24, 2.45) is 5.92 Å². The van der Waals surface area contributed by atoms with Crippen molar-refractivity contribution in [1.29, 1.82) is 5.26 Å². The van der Waals surface area contributed by atoms with Crippen LogP contribution in [0.3, 0.4) is 0 Å². The molecule has 6 heteroatoms. The largest absolute Gasteiger partial charge is 0.467 e. The van der Waals surface area contributed by atoms with Gasteiger partial charge in [0.15, 0.2) is 5.78 Å². The lowest BCUT2D eigenvalue weighted by Gasteiger charge is -2.16. The standard InChI is InChI=1S/C17H15N3O3/c18-9-14(15-5-1-2-6-19-15)17(22)12-8-16(21)20(10-12)11-13-4-3-7-23-13/h1-7,12,14H,8,10-11H2/t12-,14-/m1/s1. The van der Waals surface area contributed by atoms with Gasteiger partial charge in [0.1, 0.15) is 11.7 Å². The summed E-state index contributed by atoms with van der Waals surface area (Å²) in [5, 5.41) is 9.33. The van der Waals surface area contributed by atoms with Crippen LogP contribution >= 0.6 is 0 Å². The second-order valence-electron chi connectivity index (χ2n) is 5.47. The van der Waals surface area contributed by atoms with E-state index in [2.05, 4.69) is 4.98 Å². The van der Waals surface area contributed by atoms with Gasteiger partial charge in [-0.2, -0.15) is 5.26 Å². The van der Waals surface area contributed by atoms with Crippen LogP contribution in [0.4, 0.5) is 0 Å². The van der Waals surface area contributed by atoms with Crippen LogP contribution in [-0.4, -0.2) is 28.1 Å². The first-order chi connectivity index (χ1) is 11.2. The van der Waals surface area contributed by atoms with E-state index in [1.807, 2.05) is 6.07 Å². The quantitative estimate of drug-likeness (QED) is 0.841. The number of carbonyl (C=O) groups is 2. The first-order valence-electron chi connectivity index (χ1n) is 7.33. The Hall–Kier alpha value is -2.94. The number of furan rings is 1. The molecule has 6 nitrogen and oxygen atoms in total. The van der Waals surface area contributed by atoms with Crippen molar-refractivity contribution in [1.82, 2.24) is 9.88 Å². The van der Waals surface area contributed by atoms with Crippen molar-refractivity contribution in [3.05, 3.63) is 54.2 Å². The number of pyridine rings is 1. The molecule has 0 N–H and O–H groups in total. The lowest BCUT2D eigenvalue weighted by atomic mass is 9.90. The Morgan fingerprint density at radius 1 is 1.43 bits per heavy atom. The van der Waals surface area contributed by atoms with Crippen molar-refractivity contribution >= 4 is 11.7 Å². The molecule has 3 heterocycles. The van der Waals surface area contributed by atoms with E-state index in [1.54, 1.807) is 47.7 Å². The Kier molecular flexibility index (Phi) is 4.20. The minimum absolute atomic E-state index is 0.0996. The summed E-state index contributed by atoms with van der Waals surface area (Å²) in [6.45, 7) is 0.653. The van der Waals surface area contributed by atoms with Gasteiger partial charge in [-0.1, -0.05) is 6.07 Å². The maximum Gasteiger partial charge on any atom is 0.223 e. The molecule has 3 rings (SSSR count). The van der Waals surface area contributed by atoms with Gasteiger partial charge in [0.25, 0.3) is 0 Å². The summed E-state index contributed by atoms with van der Waals surface area (Å²) in [5.41, 5.74) is 0.428. The van der Waals surface area contributed by atoms with Gasteiger partial charge in [0.05, 0.1) is 24.6 Å². The van der Waals surface area contributed by atoms with Crippen LogP contribution in [0.5, 0.6) is 0 Å². The maximum absolute atomic E-state index is 12.6. The van der Waals surface area contributed by atoms with E-state index in [-0.39, 0.29) is 18.1 Å². The molecule has 0 radical (unpaired) electrons. The third-order valence-electron chi connectivity index (χ3n) is 3.94. The van der Waals surface area contributed by atoms with Crippen LogP contribution in [0, 0.1) is 17.2 Å². The first kappa shape index (κ1) is 15.0. The predicted octanol–water partition coefficient (Wildman–Crippen LogP) is 1.90. The number of likely N-dealkylation sites (tertiary alicyclic amines) is 1. The first-order valence-corrected chi connectivity index (χ1v) is 7.33. The third-order valence-corrected chi connectivity index (χ3v) is 3.94. The number of nitrogens with zero attached hydrogens (tertiary/aromatic N) is 3. The molecule has 2 aromatic rings. The van der Waals surface area contributed by atoms with Gasteiger partial charge < -0.3 is 9.32 Å². The number of nitriles is 1. The van der Waals surface area contributed by atoms with Gasteiger partial charge in [-0.25, -0.2) is 0 Å². The molecule has 1 fully saturated rings. The van der Waals surface area contributed by atoms with Crippen LogP contribution < -0.4 is 0 Å². The van der Waals surface area contributed by atoms with E-state index >= 15 is 0 Å². The molecular formula is C17H15N3O3. The molecule has 1 saturated heterocycles. The third kappa shape index (κ3) is 3.14. The van der Waals surface area contributed by atoms with Crippen molar-refractivity contribution in [2.45, 2.75) is 18.9 Å². The van der Waals surface area contributed by atoms with Gasteiger partial charge in [-0.15, -0.1) is 0 Å². The Morgan fingerprint density at radius 3 is 2.96 bits per heavy atom. The Labute approximate surface area is 133 Å². The lowest BCUT2D eigenvalue weighted by Crippen LogP contribution is -2.27. The Balaban J connectivity index is 1.71. The molecule has 0 aliphatic carbocycles. The number of ketones is 1. The van der Waals surface area contributed by atoms with Crippen molar-refractivity contribution in [3.8, 4) is 6.07 Å². The van der Waals surface area contributed by atoms with Gasteiger partial charge in [-0.3, -0.25) is 14.6 Å². The summed E-state index contributed by atoms with van der Waals surface area (Å²) >= 11 is 0. The van der Waals surface area contributed by atoms with Crippen LogP contribution in [0.2, 0.25) is 0 Å². The molecule has 1 aliphatic heterocycles. The number of amides is 1. The monoisotopic (exact) mass is 309 g/mol. The van der Waals surface area contributed by atoms with Gasteiger partial charge in [-0.05, 0) is 24.3 Å². The van der Waals surface area contributed by atoms with Crippen molar-refractivity contribution in [2.75, 3.05) is 6.54 Å². The van der Waals surface area contributed by atoms with Gasteiger partial charge >= 0.3 is 0 Å². The number of carbonyl (C=O) groups excluding carboxylic acids is 2. The summed E-state index contributed by atoms with van der Waals surface area (Å²) in [6, 6.07) is 10.7. The van der Waals surface area contributed by atoms with E-state index < -0.39 is 11.8 Å². The van der Waals surface area contributed by atoms with Crippen molar-refractivity contribution < 1.29 is 14.0 Å². The Bertz CT molecular complexity index is 734. The van der Waals surface area contributed by atoms with E-state index in [4.69, 9.17) is 4.42 Å². The van der Waals surface area contributed by atoms with E-state index in [9.17, 15) is 14.9 Å². The number of hydrogen-bond donors (Lipinski definition) is 0. The molecule has 116 valence electrons. The molecule has 2 aromatic heterocycles. The van der Waals surface area contributed by atoms with Crippen LogP contribution in [0.15, 0.2) is 47.2 Å². The van der Waals surface area contributed by atoms with Crippen LogP contribution in [0.25, 0.3) is 0 Å². The van der Waals surface area contributed by atoms with E-state index in [0.29, 0.717) is 24.5 Å². The second-order valence-corrected chi connectivity index (χ2v) is 5.47. The molecule has 23 heavy (non-hydrogen) atoms. The molecule has 2 atom stereocenters. The molecule has 1 aliphatic rings. The minimum atomic E-state index is -0.933. The second kappa shape index (κ2) is 6.44. The molecule has 0 saturated carbocycles.